The molecule has 6 nitrogen and oxygen atoms in total. The van der Waals surface area contributed by atoms with E-state index in [2.05, 4.69) is 0 Å². The van der Waals surface area contributed by atoms with Gasteiger partial charge in [0.05, 0.1) is 16.7 Å². The van der Waals surface area contributed by atoms with Gasteiger partial charge in [0.25, 0.3) is 11.8 Å². The van der Waals surface area contributed by atoms with E-state index in [9.17, 15) is 19.2 Å². The van der Waals surface area contributed by atoms with E-state index < -0.39 is 23.9 Å². The van der Waals surface area contributed by atoms with Gasteiger partial charge in [-0.2, -0.15) is 0 Å². The maximum Gasteiger partial charge on any atom is 0.338 e. The summed E-state index contributed by atoms with van der Waals surface area (Å²) in [5, 5.41) is 0.494. The Morgan fingerprint density at radius 2 is 1.54 bits per heavy atom. The summed E-state index contributed by atoms with van der Waals surface area (Å²) in [4.78, 5) is 49.5. The number of Topliss-reactive ketones (excluding diaryl/α,β-unsaturated/α-hetero) is 1. The highest BCUT2D eigenvalue weighted by Crippen LogP contribution is 2.23. The smallest absolute Gasteiger partial charge is 0.338 e. The van der Waals surface area contributed by atoms with Gasteiger partial charge in [-0.05, 0) is 49.4 Å². The lowest BCUT2D eigenvalue weighted by Crippen LogP contribution is -2.24. The molecule has 0 N–H and O–H groups in total. The Kier molecular flexibility index (Phi) is 4.61. The molecule has 7 heteroatoms. The van der Waals surface area contributed by atoms with Crippen LogP contribution in [0.3, 0.4) is 0 Å². The quantitative estimate of drug-likeness (QED) is 0.469. The number of ether oxygens (including phenoxy) is 1. The van der Waals surface area contributed by atoms with Crippen LogP contribution in [0.15, 0.2) is 42.5 Å². The van der Waals surface area contributed by atoms with Crippen molar-refractivity contribution in [3.63, 3.8) is 0 Å². The summed E-state index contributed by atoms with van der Waals surface area (Å²) in [7, 11) is 1.37. The van der Waals surface area contributed by atoms with Crippen LogP contribution in [0.5, 0.6) is 0 Å². The number of carbonyl (C=O) groups excluding carboxylic acids is 4. The van der Waals surface area contributed by atoms with Crippen LogP contribution in [0.1, 0.15) is 48.4 Å². The van der Waals surface area contributed by atoms with Crippen LogP contribution in [0.2, 0.25) is 5.02 Å². The molecule has 0 spiro atoms. The third-order valence-corrected chi connectivity index (χ3v) is 4.36. The van der Waals surface area contributed by atoms with Crippen molar-refractivity contribution >= 4 is 35.2 Å². The van der Waals surface area contributed by atoms with Crippen molar-refractivity contribution in [1.29, 1.82) is 0 Å². The molecule has 2 aromatic rings. The van der Waals surface area contributed by atoms with Gasteiger partial charge in [0, 0.05) is 17.6 Å². The van der Waals surface area contributed by atoms with Gasteiger partial charge in [-0.15, -0.1) is 0 Å². The molecule has 2 aromatic carbocycles. The van der Waals surface area contributed by atoms with Crippen molar-refractivity contribution in [2.45, 2.75) is 13.0 Å². The Labute approximate surface area is 154 Å². The molecule has 0 aromatic heterocycles. The van der Waals surface area contributed by atoms with E-state index in [-0.39, 0.29) is 22.5 Å². The first-order valence-corrected chi connectivity index (χ1v) is 8.14. The molecule has 0 bridgehead atoms. The molecule has 26 heavy (non-hydrogen) atoms. The van der Waals surface area contributed by atoms with Crippen LogP contribution in [0.25, 0.3) is 0 Å². The number of fused-ring (bicyclic) bond motifs is 1. The van der Waals surface area contributed by atoms with Crippen molar-refractivity contribution in [1.82, 2.24) is 4.90 Å². The van der Waals surface area contributed by atoms with Crippen molar-refractivity contribution in [3.8, 4) is 0 Å². The second-order valence-corrected chi connectivity index (χ2v) is 6.28. The number of imide groups is 1. The topological polar surface area (TPSA) is 80.8 Å². The van der Waals surface area contributed by atoms with E-state index in [1.54, 1.807) is 24.3 Å². The molecule has 1 heterocycles. The van der Waals surface area contributed by atoms with Crippen LogP contribution in [0, 0.1) is 0 Å². The number of hydrogen-bond acceptors (Lipinski definition) is 5. The first-order valence-electron chi connectivity index (χ1n) is 7.77. The highest BCUT2D eigenvalue weighted by atomic mass is 35.5. The van der Waals surface area contributed by atoms with Gasteiger partial charge in [0.2, 0.25) is 5.78 Å². The van der Waals surface area contributed by atoms with E-state index in [0.29, 0.717) is 10.6 Å². The van der Waals surface area contributed by atoms with Crippen LogP contribution in [0.4, 0.5) is 0 Å². The number of nitrogens with zero attached hydrogens (tertiary/aromatic N) is 1. The molecule has 1 aliphatic rings. The fourth-order valence-corrected chi connectivity index (χ4v) is 2.75. The van der Waals surface area contributed by atoms with Crippen molar-refractivity contribution in [2.75, 3.05) is 7.05 Å². The molecule has 0 saturated carbocycles. The van der Waals surface area contributed by atoms with E-state index in [1.807, 2.05) is 0 Å². The molecular weight excluding hydrogens is 358 g/mol. The molecular formula is C19H14ClNO5. The third-order valence-electron chi connectivity index (χ3n) is 4.11. The largest absolute Gasteiger partial charge is 0.451 e. The summed E-state index contributed by atoms with van der Waals surface area (Å²) in [6.07, 6.45) is -1.02. The van der Waals surface area contributed by atoms with Gasteiger partial charge < -0.3 is 4.74 Å². The average molecular weight is 372 g/mol. The van der Waals surface area contributed by atoms with Gasteiger partial charge in [-0.25, -0.2) is 4.79 Å². The monoisotopic (exact) mass is 371 g/mol. The predicted molar refractivity (Wildman–Crippen MR) is 93.5 cm³/mol. The number of hydrogen-bond donors (Lipinski definition) is 0. The zero-order valence-electron chi connectivity index (χ0n) is 14.0. The summed E-state index contributed by atoms with van der Waals surface area (Å²) in [5.41, 5.74) is 0.838. The van der Waals surface area contributed by atoms with Crippen LogP contribution < -0.4 is 0 Å². The summed E-state index contributed by atoms with van der Waals surface area (Å²) < 4.78 is 5.20. The van der Waals surface area contributed by atoms with Gasteiger partial charge in [-0.1, -0.05) is 11.6 Å². The molecule has 2 amide bonds. The van der Waals surface area contributed by atoms with E-state index >= 15 is 0 Å². The second kappa shape index (κ2) is 6.72. The van der Waals surface area contributed by atoms with Crippen LogP contribution in [-0.4, -0.2) is 41.6 Å². The maximum absolute atomic E-state index is 12.3. The Balaban J connectivity index is 1.76. The lowest BCUT2D eigenvalue weighted by Gasteiger charge is -2.12. The highest BCUT2D eigenvalue weighted by Gasteiger charge is 2.33. The Morgan fingerprint density at radius 3 is 2.19 bits per heavy atom. The summed E-state index contributed by atoms with van der Waals surface area (Å²) in [6.45, 7) is 1.46. The molecule has 0 aliphatic carbocycles. The lowest BCUT2D eigenvalue weighted by atomic mass is 10.1. The van der Waals surface area contributed by atoms with Crippen molar-refractivity contribution in [3.05, 3.63) is 69.7 Å². The van der Waals surface area contributed by atoms with Crippen LogP contribution in [-0.2, 0) is 4.74 Å². The third kappa shape index (κ3) is 3.11. The number of rotatable bonds is 4. The number of ketones is 1. The fourth-order valence-electron chi connectivity index (χ4n) is 2.62. The van der Waals surface area contributed by atoms with E-state index in [1.165, 1.54) is 32.2 Å². The Bertz CT molecular complexity index is 935. The Morgan fingerprint density at radius 1 is 0.962 bits per heavy atom. The summed E-state index contributed by atoms with van der Waals surface area (Å²) >= 11 is 5.79. The van der Waals surface area contributed by atoms with E-state index in [4.69, 9.17) is 16.3 Å². The number of amides is 2. The normalized spacial score (nSPS) is 14.2. The lowest BCUT2D eigenvalue weighted by molar-refractivity contribution is 0.0318. The highest BCUT2D eigenvalue weighted by molar-refractivity contribution is 6.30. The van der Waals surface area contributed by atoms with Crippen LogP contribution >= 0.6 is 11.6 Å². The minimum atomic E-state index is -1.02. The minimum absolute atomic E-state index is 0.0935. The molecule has 1 aliphatic heterocycles. The molecule has 0 saturated heterocycles. The number of benzene rings is 2. The molecule has 1 atom stereocenters. The molecule has 1 unspecified atom stereocenters. The number of esters is 1. The molecule has 0 radical (unpaired) electrons. The maximum atomic E-state index is 12.3. The molecule has 132 valence electrons. The first-order chi connectivity index (χ1) is 12.3. The molecule has 3 rings (SSSR count). The standard InChI is InChI=1S/C19H14ClNO5/c1-10(16(22)11-3-6-13(20)7-4-11)26-19(25)12-5-8-14-15(9-12)18(24)21(2)17(14)23/h3-10H,1-2H3. The zero-order chi connectivity index (χ0) is 19.0. The minimum Gasteiger partial charge on any atom is -0.451 e. The van der Waals surface area contributed by atoms with Gasteiger partial charge in [0.1, 0.15) is 0 Å². The second-order valence-electron chi connectivity index (χ2n) is 5.85. The Hall–Kier alpha value is -2.99. The van der Waals surface area contributed by atoms with Gasteiger partial charge in [-0.3, -0.25) is 19.3 Å². The fraction of sp³-hybridized carbons (Fsp3) is 0.158. The number of carbonyl (C=O) groups is 4. The van der Waals surface area contributed by atoms with E-state index in [0.717, 1.165) is 4.90 Å². The molecule has 0 fully saturated rings. The zero-order valence-corrected chi connectivity index (χ0v) is 14.7. The average Bonchev–Trinajstić information content (AvgIpc) is 2.85. The SMILES string of the molecule is CC(OC(=O)c1ccc2c(c1)C(=O)N(C)C2=O)C(=O)c1ccc(Cl)cc1. The number of halogens is 1. The van der Waals surface area contributed by atoms with Crippen molar-refractivity contribution in [2.24, 2.45) is 0 Å². The summed E-state index contributed by atoms with van der Waals surface area (Å²) in [5.74, 6) is -2.03. The first kappa shape index (κ1) is 17.8. The predicted octanol–water partition coefficient (Wildman–Crippen LogP) is 2.99. The van der Waals surface area contributed by atoms with Gasteiger partial charge in [0.15, 0.2) is 6.10 Å². The van der Waals surface area contributed by atoms with Gasteiger partial charge >= 0.3 is 5.97 Å². The van der Waals surface area contributed by atoms with Crippen molar-refractivity contribution < 1.29 is 23.9 Å². The summed E-state index contributed by atoms with van der Waals surface area (Å²) in [6, 6.07) is 10.3.